The maximum atomic E-state index is 12.6. The number of hydrogen-bond acceptors (Lipinski definition) is 3. The third kappa shape index (κ3) is 2.71. The number of urea groups is 1. The van der Waals surface area contributed by atoms with Gasteiger partial charge in [0.25, 0.3) is 0 Å². The second-order valence-electron chi connectivity index (χ2n) is 5.72. The van der Waals surface area contributed by atoms with E-state index >= 15 is 0 Å². The molecule has 2 N–H and O–H groups in total. The summed E-state index contributed by atoms with van der Waals surface area (Å²) < 4.78 is 0. The van der Waals surface area contributed by atoms with Crippen molar-refractivity contribution in [2.75, 3.05) is 19.6 Å². The van der Waals surface area contributed by atoms with E-state index in [0.29, 0.717) is 12.5 Å². The molecule has 2 atom stereocenters. The summed E-state index contributed by atoms with van der Waals surface area (Å²) >= 11 is 0. The fraction of sp³-hybridized carbons (Fsp3) is 0.769. The van der Waals surface area contributed by atoms with Gasteiger partial charge in [0.1, 0.15) is 12.6 Å². The number of amides is 3. The minimum Gasteiger partial charge on any atom is -0.480 e. The van der Waals surface area contributed by atoms with E-state index in [4.69, 9.17) is 0 Å². The number of carbonyl (C=O) groups is 3. The van der Waals surface area contributed by atoms with Gasteiger partial charge >= 0.3 is 12.0 Å². The Hall–Kier alpha value is -1.79. The zero-order valence-electron chi connectivity index (χ0n) is 11.8. The van der Waals surface area contributed by atoms with Crippen LogP contribution in [0.25, 0.3) is 0 Å². The lowest BCUT2D eigenvalue weighted by atomic mass is 10.0. The Balaban J connectivity index is 2.16. The molecule has 7 heteroatoms. The van der Waals surface area contributed by atoms with Gasteiger partial charge in [0.2, 0.25) is 5.91 Å². The van der Waals surface area contributed by atoms with Crippen LogP contribution in [0.1, 0.15) is 26.7 Å². The van der Waals surface area contributed by atoms with Crippen molar-refractivity contribution in [3.8, 4) is 0 Å². The molecule has 0 saturated carbocycles. The summed E-state index contributed by atoms with van der Waals surface area (Å²) in [4.78, 5) is 38.2. The van der Waals surface area contributed by atoms with Gasteiger partial charge < -0.3 is 15.3 Å². The maximum absolute atomic E-state index is 12.6. The molecule has 0 aromatic rings. The van der Waals surface area contributed by atoms with Crippen LogP contribution in [0.5, 0.6) is 0 Å². The Labute approximate surface area is 117 Å². The summed E-state index contributed by atoms with van der Waals surface area (Å²) in [6.07, 6.45) is 1.85. The number of carboxylic acid groups (broad SMARTS) is 1. The molecule has 0 aromatic carbocycles. The van der Waals surface area contributed by atoms with Crippen LogP contribution < -0.4 is 5.32 Å². The number of rotatable bonds is 2. The average Bonchev–Trinajstić information content (AvgIpc) is 2.86. The first kappa shape index (κ1) is 14.6. The van der Waals surface area contributed by atoms with Crippen molar-refractivity contribution in [1.29, 1.82) is 0 Å². The van der Waals surface area contributed by atoms with E-state index in [1.807, 2.05) is 13.8 Å². The molecule has 0 bridgehead atoms. The molecule has 0 radical (unpaired) electrons. The Bertz CT molecular complexity index is 424. The molecular weight excluding hydrogens is 262 g/mol. The summed E-state index contributed by atoms with van der Waals surface area (Å²) in [5.41, 5.74) is 0. The molecule has 2 aliphatic heterocycles. The molecule has 2 fully saturated rings. The number of carboxylic acids is 1. The lowest BCUT2D eigenvalue weighted by Crippen LogP contribution is -2.62. The van der Waals surface area contributed by atoms with Gasteiger partial charge in [-0.05, 0) is 18.8 Å². The summed E-state index contributed by atoms with van der Waals surface area (Å²) in [5.74, 6) is -1.07. The number of hydrogen-bond donors (Lipinski definition) is 2. The molecule has 2 saturated heterocycles. The van der Waals surface area contributed by atoms with Crippen molar-refractivity contribution < 1.29 is 19.5 Å². The number of carbonyl (C=O) groups excluding carboxylic acids is 2. The molecule has 2 aliphatic rings. The predicted molar refractivity (Wildman–Crippen MR) is 71.1 cm³/mol. The van der Waals surface area contributed by atoms with Gasteiger partial charge in [-0.1, -0.05) is 13.8 Å². The van der Waals surface area contributed by atoms with Crippen molar-refractivity contribution in [3.05, 3.63) is 0 Å². The molecule has 7 nitrogen and oxygen atoms in total. The predicted octanol–water partition coefficient (Wildman–Crippen LogP) is 0.112. The van der Waals surface area contributed by atoms with E-state index in [9.17, 15) is 19.5 Å². The van der Waals surface area contributed by atoms with Gasteiger partial charge in [0.05, 0.1) is 0 Å². The monoisotopic (exact) mass is 283 g/mol. The van der Waals surface area contributed by atoms with Crippen LogP contribution in [0.15, 0.2) is 0 Å². The molecule has 2 rings (SSSR count). The normalized spacial score (nSPS) is 26.9. The molecule has 2 heterocycles. The largest absolute Gasteiger partial charge is 0.480 e. The Morgan fingerprint density at radius 2 is 2.05 bits per heavy atom. The topological polar surface area (TPSA) is 90.0 Å². The minimum atomic E-state index is -1.08. The lowest BCUT2D eigenvalue weighted by Gasteiger charge is -2.38. The maximum Gasteiger partial charge on any atom is 0.328 e. The first-order valence-corrected chi connectivity index (χ1v) is 6.98. The first-order valence-electron chi connectivity index (χ1n) is 6.98. The van der Waals surface area contributed by atoms with E-state index in [-0.39, 0.29) is 31.1 Å². The van der Waals surface area contributed by atoms with Crippen LogP contribution in [0.3, 0.4) is 0 Å². The molecule has 0 aromatic heterocycles. The minimum absolute atomic E-state index is 0.0277. The van der Waals surface area contributed by atoms with Crippen molar-refractivity contribution in [2.45, 2.75) is 38.8 Å². The highest BCUT2D eigenvalue weighted by molar-refractivity contribution is 5.90. The van der Waals surface area contributed by atoms with Gasteiger partial charge in [-0.25, -0.2) is 9.59 Å². The second-order valence-corrected chi connectivity index (χ2v) is 5.72. The highest BCUT2D eigenvalue weighted by atomic mass is 16.4. The fourth-order valence-electron chi connectivity index (χ4n) is 2.95. The third-order valence-corrected chi connectivity index (χ3v) is 4.03. The van der Waals surface area contributed by atoms with Crippen molar-refractivity contribution in [1.82, 2.24) is 15.1 Å². The van der Waals surface area contributed by atoms with Crippen LogP contribution in [0.4, 0.5) is 4.79 Å². The fourth-order valence-corrected chi connectivity index (χ4v) is 2.95. The van der Waals surface area contributed by atoms with Gasteiger partial charge in [0, 0.05) is 19.1 Å². The van der Waals surface area contributed by atoms with Crippen LogP contribution in [-0.2, 0) is 9.59 Å². The number of aliphatic carboxylic acids is 1. The molecule has 0 spiro atoms. The molecular formula is C13H21N3O4. The third-order valence-electron chi connectivity index (χ3n) is 4.03. The standard InChI is InChI=1S/C13H21N3O4/c1-8(2)9-4-3-5-15(9)13(20)16-7-11(17)14-6-10(16)12(18)19/h8-10H,3-7H2,1-2H3,(H,14,17)(H,18,19). The smallest absolute Gasteiger partial charge is 0.328 e. The van der Waals surface area contributed by atoms with Crippen molar-refractivity contribution in [3.63, 3.8) is 0 Å². The van der Waals surface area contributed by atoms with E-state index in [2.05, 4.69) is 5.32 Å². The summed E-state index contributed by atoms with van der Waals surface area (Å²) in [5, 5.41) is 11.7. The molecule has 3 amide bonds. The second kappa shape index (κ2) is 5.68. The Kier molecular flexibility index (Phi) is 4.15. The lowest BCUT2D eigenvalue weighted by molar-refractivity contribution is -0.144. The number of piperazine rings is 1. The highest BCUT2D eigenvalue weighted by Crippen LogP contribution is 2.25. The van der Waals surface area contributed by atoms with E-state index in [0.717, 1.165) is 12.8 Å². The van der Waals surface area contributed by atoms with Crippen LogP contribution >= 0.6 is 0 Å². The van der Waals surface area contributed by atoms with Crippen LogP contribution in [0.2, 0.25) is 0 Å². The van der Waals surface area contributed by atoms with Crippen molar-refractivity contribution in [2.24, 2.45) is 5.92 Å². The Morgan fingerprint density at radius 1 is 1.35 bits per heavy atom. The first-order chi connectivity index (χ1) is 9.41. The highest BCUT2D eigenvalue weighted by Gasteiger charge is 2.40. The van der Waals surface area contributed by atoms with Crippen LogP contribution in [-0.4, -0.2) is 64.5 Å². The molecule has 2 unspecified atom stereocenters. The van der Waals surface area contributed by atoms with Crippen LogP contribution in [0, 0.1) is 5.92 Å². The summed E-state index contributed by atoms with van der Waals surface area (Å²) in [6, 6.07) is -1.18. The van der Waals surface area contributed by atoms with E-state index < -0.39 is 12.0 Å². The number of nitrogens with zero attached hydrogens (tertiary/aromatic N) is 2. The zero-order valence-corrected chi connectivity index (χ0v) is 11.8. The average molecular weight is 283 g/mol. The number of likely N-dealkylation sites (tertiary alicyclic amines) is 1. The molecule has 20 heavy (non-hydrogen) atoms. The SMILES string of the molecule is CC(C)C1CCCN1C(=O)N1CC(=O)NCC1C(=O)O. The molecule has 112 valence electrons. The van der Waals surface area contributed by atoms with E-state index in [1.165, 1.54) is 4.90 Å². The van der Waals surface area contributed by atoms with E-state index in [1.54, 1.807) is 4.90 Å². The van der Waals surface area contributed by atoms with Gasteiger partial charge in [-0.2, -0.15) is 0 Å². The summed E-state index contributed by atoms with van der Waals surface area (Å²) in [6.45, 7) is 4.52. The molecule has 0 aliphatic carbocycles. The number of nitrogens with one attached hydrogen (secondary N) is 1. The van der Waals surface area contributed by atoms with Gasteiger partial charge in [-0.3, -0.25) is 9.69 Å². The Morgan fingerprint density at radius 3 is 2.65 bits per heavy atom. The summed E-state index contributed by atoms with van der Waals surface area (Å²) in [7, 11) is 0. The van der Waals surface area contributed by atoms with Gasteiger partial charge in [0.15, 0.2) is 0 Å². The van der Waals surface area contributed by atoms with Crippen molar-refractivity contribution >= 4 is 17.9 Å². The quantitative estimate of drug-likeness (QED) is 0.752. The van der Waals surface area contributed by atoms with Gasteiger partial charge in [-0.15, -0.1) is 0 Å². The zero-order chi connectivity index (χ0) is 14.9.